The van der Waals surface area contributed by atoms with Crippen molar-refractivity contribution in [3.63, 3.8) is 0 Å². The van der Waals surface area contributed by atoms with Crippen molar-refractivity contribution in [3.05, 3.63) is 24.3 Å². The largest absolute Gasteiger partial charge is 0.494 e. The van der Waals surface area contributed by atoms with Crippen LogP contribution in [0.2, 0.25) is 0 Å². The van der Waals surface area contributed by atoms with Gasteiger partial charge in [0.25, 0.3) is 5.91 Å². The van der Waals surface area contributed by atoms with Crippen LogP contribution in [0.15, 0.2) is 29.4 Å². The van der Waals surface area contributed by atoms with E-state index < -0.39 is 0 Å². The van der Waals surface area contributed by atoms with E-state index in [0.717, 1.165) is 17.1 Å². The molecule has 1 aliphatic rings. The van der Waals surface area contributed by atoms with Gasteiger partial charge in [-0.2, -0.15) is 5.10 Å². The van der Waals surface area contributed by atoms with Crippen LogP contribution < -0.4 is 9.75 Å². The van der Waals surface area contributed by atoms with Crippen LogP contribution in [-0.2, 0) is 4.79 Å². The number of amides is 1. The molecule has 102 valence electrons. The van der Waals surface area contributed by atoms with Crippen molar-refractivity contribution < 1.29 is 9.53 Å². The van der Waals surface area contributed by atoms with E-state index in [-0.39, 0.29) is 11.3 Å². The SMILES string of the molecule is CCOc1ccc(N2N=C(C(C)(C)C)CC2=O)cc1. The molecule has 4 heteroatoms. The van der Waals surface area contributed by atoms with Crippen molar-refractivity contribution in [1.29, 1.82) is 0 Å². The summed E-state index contributed by atoms with van der Waals surface area (Å²) >= 11 is 0. The smallest absolute Gasteiger partial charge is 0.253 e. The Labute approximate surface area is 114 Å². The first kappa shape index (κ1) is 13.6. The Balaban J connectivity index is 2.22. The molecule has 0 atom stereocenters. The summed E-state index contributed by atoms with van der Waals surface area (Å²) in [5.41, 5.74) is 1.63. The molecule has 2 rings (SSSR count). The molecule has 0 radical (unpaired) electrons. The highest BCUT2D eigenvalue weighted by Crippen LogP contribution is 2.28. The molecule has 1 amide bonds. The molecular formula is C15H20N2O2. The van der Waals surface area contributed by atoms with Gasteiger partial charge in [0.2, 0.25) is 0 Å². The zero-order valence-electron chi connectivity index (χ0n) is 11.9. The van der Waals surface area contributed by atoms with Crippen molar-refractivity contribution in [1.82, 2.24) is 0 Å². The van der Waals surface area contributed by atoms with Crippen LogP contribution in [0.4, 0.5) is 5.69 Å². The third kappa shape index (κ3) is 2.95. The molecule has 0 fully saturated rings. The van der Waals surface area contributed by atoms with Crippen LogP contribution >= 0.6 is 0 Å². The summed E-state index contributed by atoms with van der Waals surface area (Å²) in [7, 11) is 0. The van der Waals surface area contributed by atoms with Gasteiger partial charge in [-0.1, -0.05) is 20.8 Å². The van der Waals surface area contributed by atoms with Crippen molar-refractivity contribution in [3.8, 4) is 5.75 Å². The second-order valence-electron chi connectivity index (χ2n) is 5.61. The minimum Gasteiger partial charge on any atom is -0.494 e. The average Bonchev–Trinajstić information content (AvgIpc) is 2.73. The van der Waals surface area contributed by atoms with Crippen molar-refractivity contribution in [2.24, 2.45) is 10.5 Å². The van der Waals surface area contributed by atoms with E-state index in [1.54, 1.807) is 0 Å². The Bertz CT molecular complexity index is 498. The van der Waals surface area contributed by atoms with Gasteiger partial charge < -0.3 is 4.74 Å². The fourth-order valence-electron chi connectivity index (χ4n) is 1.90. The summed E-state index contributed by atoms with van der Waals surface area (Å²) in [4.78, 5) is 12.0. The predicted octanol–water partition coefficient (Wildman–Crippen LogP) is 3.22. The summed E-state index contributed by atoms with van der Waals surface area (Å²) in [6.07, 6.45) is 0.400. The molecule has 0 spiro atoms. The fourth-order valence-corrected chi connectivity index (χ4v) is 1.90. The van der Waals surface area contributed by atoms with Crippen molar-refractivity contribution in [2.45, 2.75) is 34.1 Å². The number of ether oxygens (including phenoxy) is 1. The van der Waals surface area contributed by atoms with Gasteiger partial charge in [-0.3, -0.25) is 4.79 Å². The highest BCUT2D eigenvalue weighted by Gasteiger charge is 2.31. The zero-order chi connectivity index (χ0) is 14.0. The molecule has 0 bridgehead atoms. The van der Waals surface area contributed by atoms with Gasteiger partial charge in [0.05, 0.1) is 24.4 Å². The monoisotopic (exact) mass is 260 g/mol. The van der Waals surface area contributed by atoms with Gasteiger partial charge in [0.1, 0.15) is 5.75 Å². The number of benzene rings is 1. The van der Waals surface area contributed by atoms with Crippen LogP contribution in [0.1, 0.15) is 34.1 Å². The van der Waals surface area contributed by atoms with Crippen molar-refractivity contribution >= 4 is 17.3 Å². The maximum atomic E-state index is 12.0. The summed E-state index contributed by atoms with van der Waals surface area (Å²) in [5.74, 6) is 0.826. The second kappa shape index (κ2) is 5.03. The Morgan fingerprint density at radius 1 is 1.26 bits per heavy atom. The number of rotatable bonds is 3. The molecule has 4 nitrogen and oxygen atoms in total. The minimum absolute atomic E-state index is 0.0223. The molecule has 0 N–H and O–H groups in total. The van der Waals surface area contributed by atoms with Crippen molar-refractivity contribution in [2.75, 3.05) is 11.6 Å². The normalized spacial score (nSPS) is 15.7. The van der Waals surface area contributed by atoms with Gasteiger partial charge >= 0.3 is 0 Å². The first-order chi connectivity index (χ1) is 8.91. The summed E-state index contributed by atoms with van der Waals surface area (Å²) in [6.45, 7) is 8.79. The molecule has 1 heterocycles. The molecule has 1 aromatic rings. The number of hydrogen-bond donors (Lipinski definition) is 0. The van der Waals surface area contributed by atoms with E-state index in [9.17, 15) is 4.79 Å². The van der Waals surface area contributed by atoms with E-state index in [2.05, 4.69) is 25.9 Å². The Kier molecular flexibility index (Phi) is 3.60. The first-order valence-electron chi connectivity index (χ1n) is 6.55. The Morgan fingerprint density at radius 2 is 1.89 bits per heavy atom. The number of anilines is 1. The summed E-state index contributed by atoms with van der Waals surface area (Å²) in [5, 5.41) is 5.93. The Morgan fingerprint density at radius 3 is 2.37 bits per heavy atom. The van der Waals surface area contributed by atoms with Crippen LogP contribution in [0.25, 0.3) is 0 Å². The van der Waals surface area contributed by atoms with E-state index in [0.29, 0.717) is 13.0 Å². The van der Waals surface area contributed by atoms with E-state index in [1.165, 1.54) is 5.01 Å². The fraction of sp³-hybridized carbons (Fsp3) is 0.467. The van der Waals surface area contributed by atoms with Crippen LogP contribution in [0.3, 0.4) is 0 Å². The van der Waals surface area contributed by atoms with Crippen LogP contribution in [-0.4, -0.2) is 18.2 Å². The quantitative estimate of drug-likeness (QED) is 0.837. The predicted molar refractivity (Wildman–Crippen MR) is 76.6 cm³/mol. The lowest BCUT2D eigenvalue weighted by molar-refractivity contribution is -0.116. The van der Waals surface area contributed by atoms with Gasteiger partial charge in [0, 0.05) is 5.41 Å². The topological polar surface area (TPSA) is 41.9 Å². The third-order valence-electron chi connectivity index (χ3n) is 3.03. The molecular weight excluding hydrogens is 240 g/mol. The lowest BCUT2D eigenvalue weighted by atomic mass is 9.88. The molecule has 0 saturated heterocycles. The number of hydrazone groups is 1. The molecule has 19 heavy (non-hydrogen) atoms. The highest BCUT2D eigenvalue weighted by atomic mass is 16.5. The summed E-state index contributed by atoms with van der Waals surface area (Å²) < 4.78 is 5.39. The third-order valence-corrected chi connectivity index (χ3v) is 3.03. The van der Waals surface area contributed by atoms with E-state index in [4.69, 9.17) is 4.74 Å². The molecule has 0 aromatic heterocycles. The van der Waals surface area contributed by atoms with E-state index in [1.807, 2.05) is 31.2 Å². The van der Waals surface area contributed by atoms with Crippen LogP contribution in [0, 0.1) is 5.41 Å². The van der Waals surface area contributed by atoms with Gasteiger partial charge in [-0.15, -0.1) is 0 Å². The van der Waals surface area contributed by atoms with Crippen LogP contribution in [0.5, 0.6) is 5.75 Å². The minimum atomic E-state index is -0.0737. The molecule has 1 aromatic carbocycles. The van der Waals surface area contributed by atoms with E-state index >= 15 is 0 Å². The molecule has 0 unspecified atom stereocenters. The highest BCUT2D eigenvalue weighted by molar-refractivity contribution is 6.14. The first-order valence-corrected chi connectivity index (χ1v) is 6.55. The zero-order valence-corrected chi connectivity index (χ0v) is 11.9. The summed E-state index contributed by atoms with van der Waals surface area (Å²) in [6, 6.07) is 7.43. The molecule has 1 aliphatic heterocycles. The number of hydrogen-bond acceptors (Lipinski definition) is 3. The molecule has 0 aliphatic carbocycles. The van der Waals surface area contributed by atoms with Gasteiger partial charge in [-0.25, -0.2) is 5.01 Å². The maximum Gasteiger partial charge on any atom is 0.253 e. The number of carbonyl (C=O) groups is 1. The average molecular weight is 260 g/mol. The lowest BCUT2D eigenvalue weighted by Crippen LogP contribution is -2.20. The maximum absolute atomic E-state index is 12.0. The second-order valence-corrected chi connectivity index (χ2v) is 5.61. The standard InChI is InChI=1S/C15H20N2O2/c1-5-19-12-8-6-11(7-9-12)17-14(18)10-13(16-17)15(2,3)4/h6-9H,5,10H2,1-4H3. The number of carbonyl (C=O) groups excluding carboxylic acids is 1. The lowest BCUT2D eigenvalue weighted by Gasteiger charge is -2.16. The Hall–Kier alpha value is -1.84. The molecule has 0 saturated carbocycles. The number of nitrogens with zero attached hydrogens (tertiary/aromatic N) is 2. The van der Waals surface area contributed by atoms with Gasteiger partial charge in [-0.05, 0) is 31.2 Å². The van der Waals surface area contributed by atoms with Gasteiger partial charge in [0.15, 0.2) is 0 Å².